The van der Waals surface area contributed by atoms with E-state index in [1.807, 2.05) is 0 Å². The van der Waals surface area contributed by atoms with E-state index < -0.39 is 0 Å². The molecule has 2 atom stereocenters. The lowest BCUT2D eigenvalue weighted by molar-refractivity contribution is 0.229. The fraction of sp³-hybridized carbons (Fsp3) is 0.647. The van der Waals surface area contributed by atoms with E-state index in [2.05, 4.69) is 63.3 Å². The van der Waals surface area contributed by atoms with Gasteiger partial charge in [0.15, 0.2) is 0 Å². The molecule has 0 saturated heterocycles. The van der Waals surface area contributed by atoms with Crippen LogP contribution in [0, 0.1) is 11.8 Å². The SMILES string of the molecule is CC(C)CC(NC(CCO)C(C)C)c1ccccc1. The summed E-state index contributed by atoms with van der Waals surface area (Å²) in [6, 6.07) is 11.4. The molecule has 0 aliphatic heterocycles. The molecule has 19 heavy (non-hydrogen) atoms. The Labute approximate surface area is 118 Å². The molecular weight excluding hydrogens is 234 g/mol. The molecule has 2 nitrogen and oxygen atoms in total. The third-order valence-electron chi connectivity index (χ3n) is 3.57. The van der Waals surface area contributed by atoms with Gasteiger partial charge in [-0.2, -0.15) is 0 Å². The molecule has 1 aromatic rings. The second kappa shape index (κ2) is 8.34. The van der Waals surface area contributed by atoms with Gasteiger partial charge >= 0.3 is 0 Å². The highest BCUT2D eigenvalue weighted by atomic mass is 16.3. The summed E-state index contributed by atoms with van der Waals surface area (Å²) >= 11 is 0. The number of benzene rings is 1. The van der Waals surface area contributed by atoms with E-state index in [1.54, 1.807) is 0 Å². The average Bonchev–Trinajstić information content (AvgIpc) is 2.37. The minimum absolute atomic E-state index is 0.249. The fourth-order valence-electron chi connectivity index (χ4n) is 2.46. The quantitative estimate of drug-likeness (QED) is 0.748. The van der Waals surface area contributed by atoms with Crippen LogP contribution in [0.5, 0.6) is 0 Å². The van der Waals surface area contributed by atoms with E-state index in [0.717, 1.165) is 12.8 Å². The fourth-order valence-corrected chi connectivity index (χ4v) is 2.46. The summed E-state index contributed by atoms with van der Waals surface area (Å²) < 4.78 is 0. The van der Waals surface area contributed by atoms with Crippen molar-refractivity contribution in [3.63, 3.8) is 0 Å². The van der Waals surface area contributed by atoms with Gasteiger partial charge in [0.1, 0.15) is 0 Å². The molecule has 0 radical (unpaired) electrons. The molecule has 0 amide bonds. The van der Waals surface area contributed by atoms with E-state index in [1.165, 1.54) is 5.56 Å². The van der Waals surface area contributed by atoms with Crippen molar-refractivity contribution in [1.29, 1.82) is 0 Å². The van der Waals surface area contributed by atoms with Crippen molar-refractivity contribution in [2.75, 3.05) is 6.61 Å². The maximum Gasteiger partial charge on any atom is 0.0445 e. The first kappa shape index (κ1) is 16.2. The molecule has 0 aromatic heterocycles. The molecule has 2 heteroatoms. The molecule has 0 aliphatic carbocycles. The first-order valence-corrected chi connectivity index (χ1v) is 7.46. The summed E-state index contributed by atoms with van der Waals surface area (Å²) in [4.78, 5) is 0. The molecule has 0 spiro atoms. The smallest absolute Gasteiger partial charge is 0.0445 e. The predicted octanol–water partition coefficient (Wildman–Crippen LogP) is 3.77. The Hall–Kier alpha value is -0.860. The van der Waals surface area contributed by atoms with Gasteiger partial charge in [0.05, 0.1) is 0 Å². The van der Waals surface area contributed by atoms with Gasteiger partial charge in [0.25, 0.3) is 0 Å². The molecular formula is C17H29NO. The van der Waals surface area contributed by atoms with Crippen molar-refractivity contribution in [1.82, 2.24) is 5.32 Å². The molecule has 2 N–H and O–H groups in total. The third-order valence-corrected chi connectivity index (χ3v) is 3.57. The van der Waals surface area contributed by atoms with Crippen LogP contribution in [0.2, 0.25) is 0 Å². The van der Waals surface area contributed by atoms with Crippen molar-refractivity contribution in [2.24, 2.45) is 11.8 Å². The Morgan fingerprint density at radius 2 is 1.68 bits per heavy atom. The minimum atomic E-state index is 0.249. The molecule has 0 heterocycles. The van der Waals surface area contributed by atoms with Crippen LogP contribution in [0.25, 0.3) is 0 Å². The maximum absolute atomic E-state index is 9.21. The van der Waals surface area contributed by atoms with Gasteiger partial charge in [-0.1, -0.05) is 58.0 Å². The molecule has 1 aromatic carbocycles. The van der Waals surface area contributed by atoms with Gasteiger partial charge in [-0.15, -0.1) is 0 Å². The average molecular weight is 263 g/mol. The second-order valence-corrected chi connectivity index (χ2v) is 6.12. The maximum atomic E-state index is 9.21. The molecule has 0 bridgehead atoms. The lowest BCUT2D eigenvalue weighted by atomic mass is 9.93. The summed E-state index contributed by atoms with van der Waals surface area (Å²) in [5.74, 6) is 1.19. The highest BCUT2D eigenvalue weighted by Crippen LogP contribution is 2.23. The highest BCUT2D eigenvalue weighted by molar-refractivity contribution is 5.19. The van der Waals surface area contributed by atoms with Crippen molar-refractivity contribution in [2.45, 2.75) is 52.6 Å². The second-order valence-electron chi connectivity index (χ2n) is 6.12. The first-order chi connectivity index (χ1) is 9.04. The zero-order valence-electron chi connectivity index (χ0n) is 12.8. The highest BCUT2D eigenvalue weighted by Gasteiger charge is 2.20. The monoisotopic (exact) mass is 263 g/mol. The topological polar surface area (TPSA) is 32.3 Å². The van der Waals surface area contributed by atoms with Gasteiger partial charge in [0.2, 0.25) is 0 Å². The summed E-state index contributed by atoms with van der Waals surface area (Å²) in [6.45, 7) is 9.19. The molecule has 0 aliphatic rings. The van der Waals surface area contributed by atoms with E-state index in [4.69, 9.17) is 0 Å². The van der Waals surface area contributed by atoms with Crippen molar-refractivity contribution in [3.8, 4) is 0 Å². The zero-order valence-corrected chi connectivity index (χ0v) is 12.8. The third kappa shape index (κ3) is 5.75. The summed E-state index contributed by atoms with van der Waals surface area (Å²) in [6.07, 6.45) is 1.94. The first-order valence-electron chi connectivity index (χ1n) is 7.46. The summed E-state index contributed by atoms with van der Waals surface area (Å²) in [5, 5.41) is 13.0. The molecule has 108 valence electrons. The number of aliphatic hydroxyl groups excluding tert-OH is 1. The van der Waals surface area contributed by atoms with Crippen LogP contribution < -0.4 is 5.32 Å². The number of aliphatic hydroxyl groups is 1. The molecule has 2 unspecified atom stereocenters. The lowest BCUT2D eigenvalue weighted by Gasteiger charge is -2.29. The van der Waals surface area contributed by atoms with Crippen LogP contribution in [0.4, 0.5) is 0 Å². The van der Waals surface area contributed by atoms with Crippen LogP contribution in [0.3, 0.4) is 0 Å². The zero-order chi connectivity index (χ0) is 14.3. The summed E-state index contributed by atoms with van der Waals surface area (Å²) in [5.41, 5.74) is 1.35. The van der Waals surface area contributed by atoms with Gasteiger partial charge in [-0.3, -0.25) is 0 Å². The normalized spacial score (nSPS) is 14.9. The van der Waals surface area contributed by atoms with Crippen LogP contribution in [0.1, 0.15) is 52.1 Å². The van der Waals surface area contributed by atoms with Crippen LogP contribution in [-0.2, 0) is 0 Å². The number of hydrogen-bond acceptors (Lipinski definition) is 2. The van der Waals surface area contributed by atoms with Crippen molar-refractivity contribution in [3.05, 3.63) is 35.9 Å². The van der Waals surface area contributed by atoms with E-state index in [-0.39, 0.29) is 6.61 Å². The molecule has 1 rings (SSSR count). The van der Waals surface area contributed by atoms with E-state index >= 15 is 0 Å². The van der Waals surface area contributed by atoms with Gasteiger partial charge in [-0.05, 0) is 30.2 Å². The lowest BCUT2D eigenvalue weighted by Crippen LogP contribution is -2.38. The Kier molecular flexibility index (Phi) is 7.11. The minimum Gasteiger partial charge on any atom is -0.396 e. The van der Waals surface area contributed by atoms with E-state index in [9.17, 15) is 5.11 Å². The standard InChI is InChI=1S/C17H29NO/c1-13(2)12-17(15-8-6-5-7-9-15)18-16(10-11-19)14(3)4/h5-9,13-14,16-19H,10-12H2,1-4H3. The van der Waals surface area contributed by atoms with Crippen LogP contribution in [0.15, 0.2) is 30.3 Å². The summed E-state index contributed by atoms with van der Waals surface area (Å²) in [7, 11) is 0. The van der Waals surface area contributed by atoms with Gasteiger partial charge in [0, 0.05) is 18.7 Å². The molecule has 0 saturated carbocycles. The van der Waals surface area contributed by atoms with Crippen molar-refractivity contribution < 1.29 is 5.11 Å². The van der Waals surface area contributed by atoms with E-state index in [0.29, 0.717) is 23.9 Å². The number of hydrogen-bond donors (Lipinski definition) is 2. The van der Waals surface area contributed by atoms with Gasteiger partial charge < -0.3 is 10.4 Å². The number of nitrogens with one attached hydrogen (secondary N) is 1. The Morgan fingerprint density at radius 1 is 1.05 bits per heavy atom. The Balaban J connectivity index is 2.79. The Morgan fingerprint density at radius 3 is 2.16 bits per heavy atom. The Bertz CT molecular complexity index is 334. The predicted molar refractivity (Wildman–Crippen MR) is 82.1 cm³/mol. The largest absolute Gasteiger partial charge is 0.396 e. The van der Waals surface area contributed by atoms with Gasteiger partial charge in [-0.25, -0.2) is 0 Å². The van der Waals surface area contributed by atoms with Crippen molar-refractivity contribution >= 4 is 0 Å². The van der Waals surface area contributed by atoms with Crippen LogP contribution in [-0.4, -0.2) is 17.8 Å². The molecule has 0 fully saturated rings. The van der Waals surface area contributed by atoms with Crippen LogP contribution >= 0.6 is 0 Å². The number of rotatable bonds is 8.